The number of aromatic nitrogens is 3. The van der Waals surface area contributed by atoms with Crippen LogP contribution in [0.25, 0.3) is 72.7 Å². The van der Waals surface area contributed by atoms with Crippen molar-refractivity contribution in [2.75, 3.05) is 0 Å². The maximum Gasteiger partial charge on any atom is 0.148 e. The van der Waals surface area contributed by atoms with Gasteiger partial charge in [-0.2, -0.15) is 0 Å². The molecule has 8 aromatic rings. The Balaban J connectivity index is 0.00000595. The number of para-hydroxylation sites is 1. The van der Waals surface area contributed by atoms with Crippen LogP contribution >= 0.6 is 0 Å². The van der Waals surface area contributed by atoms with Gasteiger partial charge in [-0.1, -0.05) is 195 Å². The van der Waals surface area contributed by atoms with Gasteiger partial charge in [0, 0.05) is 44.1 Å². The van der Waals surface area contributed by atoms with Gasteiger partial charge in [0.2, 0.25) is 0 Å². The number of hydrogen-bond acceptors (Lipinski definition) is 3. The van der Waals surface area contributed by atoms with Gasteiger partial charge in [0.1, 0.15) is 11.6 Å². The Morgan fingerprint density at radius 1 is 0.556 bits per heavy atom. The van der Waals surface area contributed by atoms with Gasteiger partial charge in [0.05, 0.1) is 30.4 Å². The molecular formula is C57H60N3OPtSi-. The molecule has 6 heteroatoms. The minimum Gasteiger partial charge on any atom is -0.507 e. The molecule has 0 amide bonds. The van der Waals surface area contributed by atoms with Crippen molar-refractivity contribution in [3.63, 3.8) is 0 Å². The second-order valence-corrected chi connectivity index (χ2v) is 26.0. The summed E-state index contributed by atoms with van der Waals surface area (Å²) in [5.74, 6) is 0.959. The average molecular weight is 1030 g/mol. The van der Waals surface area contributed by atoms with E-state index < -0.39 is 8.07 Å². The number of aromatic hydroxyl groups is 1. The van der Waals surface area contributed by atoms with E-state index in [2.05, 4.69) is 220 Å². The van der Waals surface area contributed by atoms with Crippen molar-refractivity contribution < 1.29 is 26.2 Å². The van der Waals surface area contributed by atoms with Crippen LogP contribution in [0, 0.1) is 6.07 Å². The summed E-state index contributed by atoms with van der Waals surface area (Å²) in [5.41, 5.74) is 14.3. The van der Waals surface area contributed by atoms with Crippen molar-refractivity contribution in [1.29, 1.82) is 0 Å². The van der Waals surface area contributed by atoms with Gasteiger partial charge in [-0.15, -0.1) is 29.3 Å². The fraction of sp³-hybridized carbons (Fsp3) is 0.263. The summed E-state index contributed by atoms with van der Waals surface area (Å²) in [4.78, 5) is 10.6. The summed E-state index contributed by atoms with van der Waals surface area (Å²) in [5, 5.41) is 13.9. The second kappa shape index (κ2) is 17.0. The van der Waals surface area contributed by atoms with E-state index in [1.807, 2.05) is 12.3 Å². The summed E-state index contributed by atoms with van der Waals surface area (Å²) >= 11 is 0. The monoisotopic (exact) mass is 1030 g/mol. The standard InChI is InChI=1S/C57H60N3OSi.Pt/c1-55(2,3)42-31-40(30-41(32-42)49-33-39(28-29-58-49)37-20-15-13-16-21-37)45-24-19-25-51-52(45)59-54(47-34-43(56(4,5)6)35-48(53(47)61)57(7,8)9)60(51)50-27-26-44(62(10,11)12)36-46(50)38-22-17-14-18-23-38;/h13-29,31-36,61H,1-12H3;/q-1;. The Morgan fingerprint density at radius 3 is 1.79 bits per heavy atom. The smallest absolute Gasteiger partial charge is 0.148 e. The first-order valence-electron chi connectivity index (χ1n) is 21.9. The Labute approximate surface area is 390 Å². The zero-order valence-electron chi connectivity index (χ0n) is 38.9. The van der Waals surface area contributed by atoms with E-state index >= 15 is 0 Å². The first-order chi connectivity index (χ1) is 29.2. The van der Waals surface area contributed by atoms with Gasteiger partial charge in [0.15, 0.2) is 0 Å². The number of phenolic OH excluding ortho intramolecular Hbond substituents is 1. The van der Waals surface area contributed by atoms with Gasteiger partial charge in [-0.05, 0) is 62.8 Å². The molecule has 6 aromatic carbocycles. The SMILES string of the molecule is CC(C)(C)c1cc(-c2cc(-c3ccccc3)ccn2)[c-]c(-c2cccc3c2nc(-c2cc(C(C)(C)C)cc(C(C)(C)C)c2O)n3-c2ccc([Si](C)(C)C)cc2-c2ccccc2)c1.[Pt]. The number of rotatable bonds is 7. The molecule has 2 heterocycles. The molecule has 0 aliphatic carbocycles. The zero-order valence-corrected chi connectivity index (χ0v) is 42.2. The molecule has 2 aromatic heterocycles. The molecule has 4 nitrogen and oxygen atoms in total. The van der Waals surface area contributed by atoms with Crippen LogP contribution in [0.15, 0.2) is 140 Å². The Bertz CT molecular complexity index is 2940. The van der Waals surface area contributed by atoms with Gasteiger partial charge in [-0.3, -0.25) is 9.55 Å². The topological polar surface area (TPSA) is 50.9 Å². The largest absolute Gasteiger partial charge is 0.507 e. The summed E-state index contributed by atoms with van der Waals surface area (Å²) in [6.45, 7) is 27.2. The normalized spacial score (nSPS) is 12.4. The molecular weight excluding hydrogens is 966 g/mol. The molecule has 324 valence electrons. The maximum atomic E-state index is 12.5. The van der Waals surface area contributed by atoms with E-state index in [9.17, 15) is 5.11 Å². The van der Waals surface area contributed by atoms with Crippen molar-refractivity contribution in [2.45, 2.75) is 98.2 Å². The van der Waals surface area contributed by atoms with Gasteiger partial charge in [0.25, 0.3) is 0 Å². The van der Waals surface area contributed by atoms with E-state index in [0.29, 0.717) is 11.4 Å². The fourth-order valence-electron chi connectivity index (χ4n) is 8.27. The van der Waals surface area contributed by atoms with Crippen molar-refractivity contribution in [2.24, 2.45) is 0 Å². The predicted octanol–water partition coefficient (Wildman–Crippen LogP) is 14.7. The molecule has 0 fully saturated rings. The molecule has 0 atom stereocenters. The molecule has 0 bridgehead atoms. The molecule has 0 unspecified atom stereocenters. The number of pyridine rings is 1. The minimum absolute atomic E-state index is 0. The van der Waals surface area contributed by atoms with E-state index in [-0.39, 0.29) is 43.1 Å². The third-order valence-electron chi connectivity index (χ3n) is 12.1. The number of imidazole rings is 1. The quantitative estimate of drug-likeness (QED) is 0.128. The van der Waals surface area contributed by atoms with E-state index in [1.165, 1.54) is 10.8 Å². The molecule has 0 aliphatic rings. The molecule has 0 saturated heterocycles. The van der Waals surface area contributed by atoms with Crippen LogP contribution in [0.5, 0.6) is 5.75 Å². The molecule has 63 heavy (non-hydrogen) atoms. The van der Waals surface area contributed by atoms with E-state index in [0.717, 1.165) is 72.5 Å². The first kappa shape index (κ1) is 45.7. The van der Waals surface area contributed by atoms with Crippen LogP contribution in [0.2, 0.25) is 19.6 Å². The summed E-state index contributed by atoms with van der Waals surface area (Å²) < 4.78 is 2.29. The van der Waals surface area contributed by atoms with E-state index in [1.54, 1.807) is 0 Å². The van der Waals surface area contributed by atoms with Crippen LogP contribution in [-0.4, -0.2) is 27.7 Å². The summed E-state index contributed by atoms with van der Waals surface area (Å²) in [6, 6.07) is 51.5. The first-order valence-corrected chi connectivity index (χ1v) is 25.4. The molecule has 1 N–H and O–H groups in total. The van der Waals surface area contributed by atoms with E-state index in [4.69, 9.17) is 9.97 Å². The predicted molar refractivity (Wildman–Crippen MR) is 266 cm³/mol. The van der Waals surface area contributed by atoms with Crippen molar-refractivity contribution >= 4 is 24.3 Å². The number of fused-ring (bicyclic) bond motifs is 1. The van der Waals surface area contributed by atoms with Gasteiger partial charge >= 0.3 is 0 Å². The fourth-order valence-corrected chi connectivity index (χ4v) is 9.43. The number of phenols is 1. The maximum absolute atomic E-state index is 12.5. The average Bonchev–Trinajstić information content (AvgIpc) is 3.62. The minimum atomic E-state index is -1.71. The third-order valence-corrected chi connectivity index (χ3v) is 14.1. The number of benzene rings is 6. The summed E-state index contributed by atoms with van der Waals surface area (Å²) in [7, 11) is -1.71. The van der Waals surface area contributed by atoms with Gasteiger partial charge < -0.3 is 5.11 Å². The van der Waals surface area contributed by atoms with Crippen LogP contribution in [-0.2, 0) is 37.3 Å². The van der Waals surface area contributed by atoms with Crippen molar-refractivity contribution in [1.82, 2.24) is 14.5 Å². The van der Waals surface area contributed by atoms with Crippen molar-refractivity contribution in [3.8, 4) is 67.5 Å². The number of nitrogens with zero attached hydrogens (tertiary/aromatic N) is 3. The number of hydrogen-bond donors (Lipinski definition) is 1. The Morgan fingerprint density at radius 2 is 1.17 bits per heavy atom. The van der Waals surface area contributed by atoms with Crippen LogP contribution in [0.1, 0.15) is 79.0 Å². The molecule has 8 rings (SSSR count). The van der Waals surface area contributed by atoms with Crippen molar-refractivity contribution in [3.05, 3.63) is 162 Å². The molecule has 0 radical (unpaired) electrons. The molecule has 0 spiro atoms. The Kier molecular flexibility index (Phi) is 12.3. The van der Waals surface area contributed by atoms with Crippen LogP contribution < -0.4 is 5.19 Å². The third kappa shape index (κ3) is 9.19. The van der Waals surface area contributed by atoms with Gasteiger partial charge in [-0.25, -0.2) is 4.98 Å². The second-order valence-electron chi connectivity index (χ2n) is 21.0. The zero-order chi connectivity index (χ0) is 44.4. The molecule has 0 aliphatic heterocycles. The molecule has 0 saturated carbocycles. The Hall–Kier alpha value is -5.35. The summed E-state index contributed by atoms with van der Waals surface area (Å²) in [6.07, 6.45) is 1.89. The van der Waals surface area contributed by atoms with Crippen LogP contribution in [0.4, 0.5) is 0 Å². The van der Waals surface area contributed by atoms with Crippen LogP contribution in [0.3, 0.4) is 0 Å².